The number of oxime groups is 1. The van der Waals surface area contributed by atoms with E-state index in [1.54, 1.807) is 13.8 Å². The summed E-state index contributed by atoms with van der Waals surface area (Å²) in [6, 6.07) is -1.97. The number of amides is 2. The summed E-state index contributed by atoms with van der Waals surface area (Å²) in [7, 11) is 0. The third-order valence-corrected chi connectivity index (χ3v) is 6.53. The summed E-state index contributed by atoms with van der Waals surface area (Å²) in [6.45, 7) is 2.65. The molecule has 0 unspecified atom stereocenters. The molecule has 3 heterocycles. The number of hydrogen-bond donors (Lipinski definition) is 4. The Morgan fingerprint density at radius 1 is 1.41 bits per heavy atom. The van der Waals surface area contributed by atoms with Crippen molar-refractivity contribution in [3.63, 3.8) is 0 Å². The number of thiazole rings is 1. The molecule has 3 atom stereocenters. The maximum absolute atomic E-state index is 12.7. The largest absolute Gasteiger partial charge is 0.480 e. The van der Waals surface area contributed by atoms with Gasteiger partial charge in [0, 0.05) is 10.1 Å². The molecule has 2 amide bonds. The lowest BCUT2D eigenvalue weighted by atomic mass is 9.96. The number of carboxylic acids is 2. The molecule has 2 fully saturated rings. The van der Waals surface area contributed by atoms with Crippen molar-refractivity contribution in [3.8, 4) is 0 Å². The second-order valence-electron chi connectivity index (χ2n) is 6.73. The highest BCUT2D eigenvalue weighted by Gasteiger charge is 2.64. The summed E-state index contributed by atoms with van der Waals surface area (Å²) >= 11 is 2.31. The van der Waals surface area contributed by atoms with Gasteiger partial charge in [0.2, 0.25) is 12.5 Å². The number of nitrogen functional groups attached to an aromatic ring is 1. The molecule has 156 valence electrons. The SMILES string of the molecule is CC1(C)S[C@@H]2[C@@H](NC(=O)C(=NOCC(=O)O)c3csc(N)n3)C(=O)N2[C@H]1C(=O)O. The average Bonchev–Trinajstić information content (AvgIpc) is 3.15. The first-order valence-electron chi connectivity index (χ1n) is 8.19. The number of nitrogens with one attached hydrogen (secondary N) is 1. The molecule has 12 nitrogen and oxygen atoms in total. The van der Waals surface area contributed by atoms with E-state index in [0.717, 1.165) is 11.3 Å². The molecule has 0 bridgehead atoms. The maximum atomic E-state index is 12.7. The van der Waals surface area contributed by atoms with Crippen molar-refractivity contribution in [3.05, 3.63) is 11.1 Å². The highest BCUT2D eigenvalue weighted by Crippen LogP contribution is 2.50. The van der Waals surface area contributed by atoms with Crippen molar-refractivity contribution in [2.45, 2.75) is 36.1 Å². The fourth-order valence-corrected chi connectivity index (χ4v) is 5.28. The Hall–Kier alpha value is -2.87. The van der Waals surface area contributed by atoms with Crippen molar-refractivity contribution >= 4 is 57.7 Å². The van der Waals surface area contributed by atoms with Crippen molar-refractivity contribution in [1.29, 1.82) is 0 Å². The van der Waals surface area contributed by atoms with E-state index in [-0.39, 0.29) is 16.5 Å². The summed E-state index contributed by atoms with van der Waals surface area (Å²) in [5, 5.41) is 25.2. The first-order valence-corrected chi connectivity index (χ1v) is 9.95. The number of rotatable bonds is 7. The van der Waals surface area contributed by atoms with Gasteiger partial charge in [0.15, 0.2) is 10.8 Å². The normalized spacial score (nSPS) is 25.2. The van der Waals surface area contributed by atoms with E-state index in [4.69, 9.17) is 10.8 Å². The highest BCUT2D eigenvalue weighted by atomic mass is 32.2. The summed E-state index contributed by atoms with van der Waals surface area (Å²) in [5.74, 6) is -3.76. The number of hydrogen-bond acceptors (Lipinski definition) is 10. The third kappa shape index (κ3) is 3.85. The predicted octanol–water partition coefficient (Wildman–Crippen LogP) is -0.838. The predicted molar refractivity (Wildman–Crippen MR) is 102 cm³/mol. The minimum absolute atomic E-state index is 0.0573. The van der Waals surface area contributed by atoms with Crippen molar-refractivity contribution in [1.82, 2.24) is 15.2 Å². The van der Waals surface area contributed by atoms with Crippen molar-refractivity contribution in [2.75, 3.05) is 12.3 Å². The molecule has 2 saturated heterocycles. The third-order valence-electron chi connectivity index (χ3n) is 4.29. The molecule has 3 rings (SSSR count). The van der Waals surface area contributed by atoms with Gasteiger partial charge in [0.25, 0.3) is 5.91 Å². The van der Waals surface area contributed by atoms with Gasteiger partial charge in [-0.2, -0.15) is 0 Å². The second kappa shape index (κ2) is 7.51. The van der Waals surface area contributed by atoms with Gasteiger partial charge in [-0.25, -0.2) is 14.6 Å². The minimum atomic E-state index is -1.29. The van der Waals surface area contributed by atoms with Crippen molar-refractivity contribution in [2.24, 2.45) is 5.16 Å². The molecule has 14 heteroatoms. The van der Waals surface area contributed by atoms with Gasteiger partial charge in [0.05, 0.1) is 0 Å². The Kier molecular flexibility index (Phi) is 5.40. The standard InChI is InChI=1S/C15H17N5O7S2/c1-15(2)9(13(25)26)20-11(24)8(12(20)29-15)18-10(23)7(19-27-3-6(21)22)5-4-28-14(16)17-5/h4,8-9,12H,3H2,1-2H3,(H2,16,17)(H,18,23)(H,21,22)(H,25,26)/t8-,9-,12+/m0/s1. The number of carbonyl (C=O) groups is 4. The molecule has 0 aliphatic carbocycles. The molecule has 2 aliphatic rings. The maximum Gasteiger partial charge on any atom is 0.344 e. The zero-order valence-corrected chi connectivity index (χ0v) is 16.8. The number of fused-ring (bicyclic) bond motifs is 1. The lowest BCUT2D eigenvalue weighted by Gasteiger charge is -2.43. The van der Waals surface area contributed by atoms with Crippen LogP contribution in [0, 0.1) is 0 Å². The lowest BCUT2D eigenvalue weighted by molar-refractivity contribution is -0.160. The van der Waals surface area contributed by atoms with E-state index in [1.165, 1.54) is 22.0 Å². The number of thioether (sulfide) groups is 1. The van der Waals surface area contributed by atoms with Crippen LogP contribution in [-0.4, -0.2) is 78.4 Å². The number of carbonyl (C=O) groups excluding carboxylic acids is 2. The number of β-lactam (4-membered cyclic amide) rings is 1. The van der Waals surface area contributed by atoms with E-state index < -0.39 is 52.6 Å². The van der Waals surface area contributed by atoms with Crippen LogP contribution in [0.15, 0.2) is 10.5 Å². The van der Waals surface area contributed by atoms with Crippen LogP contribution in [0.1, 0.15) is 19.5 Å². The number of nitrogens with two attached hydrogens (primary N) is 1. The molecule has 0 spiro atoms. The van der Waals surface area contributed by atoms with Crippen LogP contribution in [0.25, 0.3) is 0 Å². The fraction of sp³-hybridized carbons (Fsp3) is 0.467. The monoisotopic (exact) mass is 443 g/mol. The zero-order valence-electron chi connectivity index (χ0n) is 15.2. The van der Waals surface area contributed by atoms with E-state index in [1.807, 2.05) is 0 Å². The van der Waals surface area contributed by atoms with Gasteiger partial charge in [-0.3, -0.25) is 9.59 Å². The quantitative estimate of drug-likeness (QED) is 0.235. The summed E-state index contributed by atoms with van der Waals surface area (Å²) in [6.07, 6.45) is 0. The van der Waals surface area contributed by atoms with Crippen LogP contribution in [0.3, 0.4) is 0 Å². The smallest absolute Gasteiger partial charge is 0.344 e. The Bertz CT molecular complexity index is 915. The van der Waals surface area contributed by atoms with Crippen LogP contribution < -0.4 is 11.1 Å². The second-order valence-corrected chi connectivity index (χ2v) is 9.39. The Morgan fingerprint density at radius 2 is 2.10 bits per heavy atom. The van der Waals surface area contributed by atoms with Crippen LogP contribution in [-0.2, 0) is 24.0 Å². The lowest BCUT2D eigenvalue weighted by Crippen LogP contribution is -2.71. The Balaban J connectivity index is 1.78. The fourth-order valence-electron chi connectivity index (χ4n) is 3.11. The molecule has 1 aromatic heterocycles. The van der Waals surface area contributed by atoms with Gasteiger partial charge in [-0.15, -0.1) is 23.1 Å². The number of aliphatic carboxylic acids is 2. The average molecular weight is 443 g/mol. The number of anilines is 1. The first-order chi connectivity index (χ1) is 13.5. The molecule has 0 aromatic carbocycles. The van der Waals surface area contributed by atoms with Gasteiger partial charge >= 0.3 is 11.9 Å². The number of nitrogens with zero attached hydrogens (tertiary/aromatic N) is 3. The molecule has 29 heavy (non-hydrogen) atoms. The molecule has 0 saturated carbocycles. The van der Waals surface area contributed by atoms with Gasteiger partial charge in [-0.1, -0.05) is 5.16 Å². The molecular formula is C15H17N5O7S2. The van der Waals surface area contributed by atoms with Crippen LogP contribution in [0.4, 0.5) is 5.13 Å². The van der Waals surface area contributed by atoms with E-state index in [0.29, 0.717) is 0 Å². The summed E-state index contributed by atoms with van der Waals surface area (Å²) < 4.78 is -0.740. The van der Waals surface area contributed by atoms with E-state index >= 15 is 0 Å². The van der Waals surface area contributed by atoms with Crippen LogP contribution in [0.2, 0.25) is 0 Å². The molecule has 1 aromatic rings. The number of carboxylic acid groups (broad SMARTS) is 2. The molecule has 2 aliphatic heterocycles. The molecular weight excluding hydrogens is 426 g/mol. The Labute approximate surface area is 172 Å². The van der Waals surface area contributed by atoms with Crippen LogP contribution in [0.5, 0.6) is 0 Å². The molecule has 0 radical (unpaired) electrons. The highest BCUT2D eigenvalue weighted by molar-refractivity contribution is 8.01. The summed E-state index contributed by atoms with van der Waals surface area (Å²) in [5.41, 5.74) is 5.28. The number of aromatic nitrogens is 1. The molecule has 5 N–H and O–H groups in total. The first kappa shape index (κ1) is 20.9. The van der Waals surface area contributed by atoms with Gasteiger partial charge in [-0.05, 0) is 13.8 Å². The van der Waals surface area contributed by atoms with Gasteiger partial charge < -0.3 is 31.0 Å². The minimum Gasteiger partial charge on any atom is -0.480 e. The zero-order chi connectivity index (χ0) is 21.5. The van der Waals surface area contributed by atoms with Crippen LogP contribution >= 0.6 is 23.1 Å². The van der Waals surface area contributed by atoms with E-state index in [2.05, 4.69) is 20.3 Å². The Morgan fingerprint density at radius 3 is 2.66 bits per heavy atom. The summed E-state index contributed by atoms with van der Waals surface area (Å²) in [4.78, 5) is 57.2. The van der Waals surface area contributed by atoms with Gasteiger partial charge in [0.1, 0.15) is 23.2 Å². The topological polar surface area (TPSA) is 185 Å². The van der Waals surface area contributed by atoms with E-state index in [9.17, 15) is 24.3 Å². The van der Waals surface area contributed by atoms with Crippen molar-refractivity contribution < 1.29 is 34.2 Å².